The lowest BCUT2D eigenvalue weighted by atomic mass is 10.1. The van der Waals surface area contributed by atoms with Crippen molar-refractivity contribution >= 4 is 56.2 Å². The van der Waals surface area contributed by atoms with E-state index in [0.29, 0.717) is 16.0 Å². The van der Waals surface area contributed by atoms with Crippen LogP contribution in [0, 0.1) is 0 Å². The van der Waals surface area contributed by atoms with Crippen molar-refractivity contribution in [1.29, 1.82) is 0 Å². The average molecular weight is 512 g/mol. The molecule has 13 heteroatoms. The number of nitrogens with one attached hydrogen (secondary N) is 1. The number of benzene rings is 1. The molecule has 0 spiro atoms. The summed E-state index contributed by atoms with van der Waals surface area (Å²) in [7, 11) is -2.16. The lowest BCUT2D eigenvalue weighted by Gasteiger charge is -2.19. The number of aromatic nitrogens is 1. The number of nitrogens with zero attached hydrogens (tertiary/aromatic N) is 1. The zero-order valence-corrected chi connectivity index (χ0v) is 20.1. The first-order valence-electron chi connectivity index (χ1n) is 9.48. The summed E-state index contributed by atoms with van der Waals surface area (Å²) in [5, 5.41) is 6.59. The largest absolute Gasteiger partial charge is 0.456 e. The number of carbonyl (C=O) groups excluding carboxylic acids is 2. The van der Waals surface area contributed by atoms with E-state index in [1.54, 1.807) is 26.8 Å². The number of amides is 1. The monoisotopic (exact) mass is 511 g/mol. The molecule has 2 unspecified atom stereocenters. The van der Waals surface area contributed by atoms with Crippen LogP contribution in [0.2, 0.25) is 0 Å². The molecule has 0 bridgehead atoms. The van der Waals surface area contributed by atoms with Gasteiger partial charge in [-0.05, 0) is 39.0 Å². The summed E-state index contributed by atoms with van der Waals surface area (Å²) >= 11 is 1.99. The van der Waals surface area contributed by atoms with Crippen LogP contribution in [0.5, 0.6) is 0 Å². The number of rotatable bonds is 9. The Balaban J connectivity index is 2.34. The predicted molar refractivity (Wildman–Crippen MR) is 121 cm³/mol. The number of nitrogens with two attached hydrogens (primary N) is 1. The number of halogens is 3. The molecule has 2 aromatic rings. The van der Waals surface area contributed by atoms with Crippen molar-refractivity contribution in [3.8, 4) is 0 Å². The van der Waals surface area contributed by atoms with E-state index in [-0.39, 0.29) is 17.1 Å². The number of hydrogen-bond donors (Lipinski definition) is 2. The maximum absolute atomic E-state index is 12.7. The van der Waals surface area contributed by atoms with Gasteiger partial charge in [0.1, 0.15) is 10.6 Å². The molecule has 0 aliphatic rings. The minimum absolute atomic E-state index is 0.111. The van der Waals surface area contributed by atoms with Gasteiger partial charge in [0.25, 0.3) is 0 Å². The molecule has 178 valence electrons. The normalized spacial score (nSPS) is 14.2. The lowest BCUT2D eigenvalue weighted by Crippen LogP contribution is -2.34. The summed E-state index contributed by atoms with van der Waals surface area (Å²) in [6.45, 7) is 5.37. The summed E-state index contributed by atoms with van der Waals surface area (Å²) in [5.41, 5.74) is 0.00731. The van der Waals surface area contributed by atoms with Gasteiger partial charge < -0.3 is 10.1 Å². The first-order chi connectivity index (χ1) is 14.8. The number of carbonyl (C=O) groups is 2. The first-order valence-corrected chi connectivity index (χ1v) is 12.7. The topological polar surface area (TPSA) is 111 Å². The van der Waals surface area contributed by atoms with Crippen molar-refractivity contribution < 1.29 is 31.7 Å². The Labute approximate surface area is 194 Å². The van der Waals surface area contributed by atoms with Gasteiger partial charge in [-0.2, -0.15) is 13.2 Å². The maximum Gasteiger partial charge on any atom is 0.390 e. The van der Waals surface area contributed by atoms with Gasteiger partial charge in [0.2, 0.25) is 5.91 Å². The Morgan fingerprint density at radius 3 is 2.59 bits per heavy atom. The Bertz CT molecular complexity index is 990. The fourth-order valence-electron chi connectivity index (χ4n) is 2.52. The predicted octanol–water partition coefficient (Wildman–Crippen LogP) is 3.72. The number of alkyl halides is 3. The van der Waals surface area contributed by atoms with Gasteiger partial charge in [0.15, 0.2) is 5.25 Å². The summed E-state index contributed by atoms with van der Waals surface area (Å²) in [4.78, 5) is 29.3. The molecule has 1 aromatic carbocycles. The zero-order chi connectivity index (χ0) is 24.1. The molecule has 1 amide bonds. The number of esters is 1. The third-order valence-corrected chi connectivity index (χ3v) is 7.11. The zero-order valence-electron chi connectivity index (χ0n) is 17.7. The molecule has 3 N–H and O–H groups in total. The second-order valence-corrected chi connectivity index (χ2v) is 11.2. The van der Waals surface area contributed by atoms with Gasteiger partial charge in [-0.3, -0.25) is 14.1 Å². The van der Waals surface area contributed by atoms with Crippen LogP contribution >= 0.6 is 23.3 Å². The van der Waals surface area contributed by atoms with Crippen LogP contribution in [0.3, 0.4) is 0 Å². The van der Waals surface area contributed by atoms with E-state index in [1.165, 1.54) is 12.1 Å². The van der Waals surface area contributed by atoms with Gasteiger partial charge in [0, 0.05) is 28.9 Å². The molecule has 0 saturated carbocycles. The standard InChI is InChI=1S/C19H24F3N3O4S3/c1-18(2,3)29-17(27)11-4-5-12-13(10-11)31-16(25-12)14(15(26)24-7-8-30-23)32(28)9-6-19(20,21)22/h4-5,10,14H,6-9,23H2,1-3H3,(H,24,26). The fraction of sp³-hybridized carbons (Fsp3) is 0.526. The van der Waals surface area contributed by atoms with Crippen LogP contribution in [0.15, 0.2) is 18.2 Å². The fourth-order valence-corrected chi connectivity index (χ4v) is 5.46. The second-order valence-electron chi connectivity index (χ2n) is 7.73. The lowest BCUT2D eigenvalue weighted by molar-refractivity contribution is -0.130. The van der Waals surface area contributed by atoms with E-state index in [1.807, 2.05) is 0 Å². The SMILES string of the molecule is CC(C)(C)OC(=O)c1ccc2nc(C(C(=O)NCCSN)S(=O)CCC(F)(F)F)sc2c1. The average Bonchev–Trinajstić information content (AvgIpc) is 3.07. The number of fused-ring (bicyclic) bond motifs is 1. The molecule has 1 heterocycles. The molecule has 0 aliphatic carbocycles. The van der Waals surface area contributed by atoms with Crippen molar-refractivity contribution in [1.82, 2.24) is 10.3 Å². The summed E-state index contributed by atoms with van der Waals surface area (Å²) in [6, 6.07) is 4.59. The number of ether oxygens (including phenoxy) is 1. The van der Waals surface area contributed by atoms with Crippen molar-refractivity contribution in [3.05, 3.63) is 28.8 Å². The van der Waals surface area contributed by atoms with E-state index in [4.69, 9.17) is 9.88 Å². The summed E-state index contributed by atoms with van der Waals surface area (Å²) in [6.07, 6.45) is -5.78. The van der Waals surface area contributed by atoms with Gasteiger partial charge in [-0.15, -0.1) is 11.3 Å². The highest BCUT2D eigenvalue weighted by molar-refractivity contribution is 7.97. The molecule has 0 saturated heterocycles. The molecular formula is C19H24F3N3O4S3. The highest BCUT2D eigenvalue weighted by Crippen LogP contribution is 2.32. The smallest absolute Gasteiger partial charge is 0.390 e. The Hall–Kier alpha value is -1.70. The first kappa shape index (κ1) is 26.6. The van der Waals surface area contributed by atoms with Gasteiger partial charge in [-0.25, -0.2) is 9.78 Å². The van der Waals surface area contributed by atoms with Crippen molar-refractivity contribution in [2.24, 2.45) is 5.14 Å². The summed E-state index contributed by atoms with van der Waals surface area (Å²) < 4.78 is 56.4. The molecule has 0 fully saturated rings. The highest BCUT2D eigenvalue weighted by atomic mass is 32.2. The Morgan fingerprint density at radius 1 is 1.31 bits per heavy atom. The highest BCUT2D eigenvalue weighted by Gasteiger charge is 2.34. The van der Waals surface area contributed by atoms with E-state index in [9.17, 15) is 27.0 Å². The minimum atomic E-state index is -4.50. The summed E-state index contributed by atoms with van der Waals surface area (Å²) in [5.74, 6) is -1.58. The maximum atomic E-state index is 12.7. The molecule has 2 rings (SSSR count). The van der Waals surface area contributed by atoms with E-state index < -0.39 is 51.9 Å². The van der Waals surface area contributed by atoms with Crippen molar-refractivity contribution in [2.45, 2.75) is 44.2 Å². The Kier molecular flexibility index (Phi) is 9.08. The quantitative estimate of drug-likeness (QED) is 0.300. The van der Waals surface area contributed by atoms with Crippen LogP contribution in [0.1, 0.15) is 47.8 Å². The Morgan fingerprint density at radius 2 is 2.00 bits per heavy atom. The van der Waals surface area contributed by atoms with Crippen molar-refractivity contribution in [2.75, 3.05) is 18.1 Å². The van der Waals surface area contributed by atoms with E-state index >= 15 is 0 Å². The number of thiazole rings is 1. The molecule has 7 nitrogen and oxygen atoms in total. The van der Waals surface area contributed by atoms with Crippen LogP contribution in [-0.4, -0.2) is 50.9 Å². The minimum Gasteiger partial charge on any atom is -0.456 e. The van der Waals surface area contributed by atoms with Crippen LogP contribution in [0.25, 0.3) is 10.2 Å². The molecule has 2 atom stereocenters. The molecule has 0 radical (unpaired) electrons. The van der Waals surface area contributed by atoms with Gasteiger partial charge in [-0.1, -0.05) is 11.9 Å². The van der Waals surface area contributed by atoms with Gasteiger partial charge >= 0.3 is 12.1 Å². The van der Waals surface area contributed by atoms with Crippen molar-refractivity contribution in [3.63, 3.8) is 0 Å². The molecule has 0 aliphatic heterocycles. The molecular weight excluding hydrogens is 487 g/mol. The molecule has 1 aromatic heterocycles. The van der Waals surface area contributed by atoms with Crippen LogP contribution in [0.4, 0.5) is 13.2 Å². The molecule has 32 heavy (non-hydrogen) atoms. The van der Waals surface area contributed by atoms with Crippen LogP contribution < -0.4 is 10.5 Å². The van der Waals surface area contributed by atoms with Gasteiger partial charge in [0.05, 0.1) is 22.2 Å². The third kappa shape index (κ3) is 8.01. The third-order valence-electron chi connectivity index (χ3n) is 3.87. The second kappa shape index (κ2) is 10.9. The van der Waals surface area contributed by atoms with Crippen LogP contribution in [-0.2, 0) is 20.3 Å². The van der Waals surface area contributed by atoms with E-state index in [0.717, 1.165) is 23.3 Å². The van der Waals surface area contributed by atoms with E-state index in [2.05, 4.69) is 10.3 Å². The number of hydrogen-bond acceptors (Lipinski definition) is 8.